The molecule has 1 atom stereocenters. The molecule has 3 heterocycles. The van der Waals surface area contributed by atoms with Crippen molar-refractivity contribution in [2.24, 2.45) is 0 Å². The molecule has 0 N–H and O–H groups in total. The van der Waals surface area contributed by atoms with Crippen LogP contribution >= 0.6 is 0 Å². The molecule has 0 aliphatic carbocycles. The molecule has 7 nitrogen and oxygen atoms in total. The molecule has 1 amide bonds. The van der Waals surface area contributed by atoms with E-state index in [1.807, 2.05) is 37.3 Å². The molecular formula is C21H22N4O3. The number of amides is 1. The molecule has 144 valence electrons. The molecule has 28 heavy (non-hydrogen) atoms. The summed E-state index contributed by atoms with van der Waals surface area (Å²) in [5.41, 5.74) is 1.62. The minimum atomic E-state index is -0.124. The summed E-state index contributed by atoms with van der Waals surface area (Å²) in [6.45, 7) is 3.25. The fourth-order valence-corrected chi connectivity index (χ4v) is 3.36. The zero-order valence-corrected chi connectivity index (χ0v) is 15.7. The summed E-state index contributed by atoms with van der Waals surface area (Å²) >= 11 is 0. The largest absolute Gasteiger partial charge is 0.437 e. The molecule has 3 aromatic rings. The number of para-hydroxylation sites is 1. The van der Waals surface area contributed by atoms with Gasteiger partial charge in [0.1, 0.15) is 5.75 Å². The van der Waals surface area contributed by atoms with Gasteiger partial charge in [-0.15, -0.1) is 0 Å². The van der Waals surface area contributed by atoms with E-state index in [9.17, 15) is 4.79 Å². The Balaban J connectivity index is 1.47. The first-order valence-corrected chi connectivity index (χ1v) is 9.52. The lowest BCUT2D eigenvalue weighted by atomic mass is 9.95. The van der Waals surface area contributed by atoms with Crippen LogP contribution in [0.15, 0.2) is 53.3 Å². The zero-order valence-electron chi connectivity index (χ0n) is 15.7. The van der Waals surface area contributed by atoms with Crippen molar-refractivity contribution in [1.29, 1.82) is 0 Å². The highest BCUT2D eigenvalue weighted by Gasteiger charge is 2.28. The Hall–Kier alpha value is -3.22. The summed E-state index contributed by atoms with van der Waals surface area (Å²) in [5.74, 6) is 1.45. The van der Waals surface area contributed by atoms with Crippen LogP contribution in [-0.4, -0.2) is 39.0 Å². The van der Waals surface area contributed by atoms with Crippen molar-refractivity contribution < 1.29 is 14.1 Å². The van der Waals surface area contributed by atoms with Crippen molar-refractivity contribution in [3.8, 4) is 11.6 Å². The van der Waals surface area contributed by atoms with Gasteiger partial charge in [-0.05, 0) is 31.4 Å². The van der Waals surface area contributed by atoms with Crippen molar-refractivity contribution in [2.75, 3.05) is 13.1 Å². The van der Waals surface area contributed by atoms with E-state index in [-0.39, 0.29) is 11.8 Å². The van der Waals surface area contributed by atoms with E-state index < -0.39 is 0 Å². The van der Waals surface area contributed by atoms with Crippen LogP contribution in [0, 0.1) is 0 Å². The molecule has 7 heteroatoms. The zero-order chi connectivity index (χ0) is 19.3. The van der Waals surface area contributed by atoms with Gasteiger partial charge in [-0.2, -0.15) is 0 Å². The summed E-state index contributed by atoms with van der Waals surface area (Å²) in [6, 6.07) is 11.2. The molecule has 0 radical (unpaired) electrons. The van der Waals surface area contributed by atoms with Gasteiger partial charge >= 0.3 is 0 Å². The molecule has 0 saturated carbocycles. The summed E-state index contributed by atoms with van der Waals surface area (Å²) in [6.07, 6.45) is 5.94. The van der Waals surface area contributed by atoms with Crippen LogP contribution in [0.3, 0.4) is 0 Å². The van der Waals surface area contributed by atoms with Gasteiger partial charge in [-0.1, -0.05) is 30.3 Å². The molecule has 0 unspecified atom stereocenters. The molecular weight excluding hydrogens is 356 g/mol. The second-order valence-corrected chi connectivity index (χ2v) is 6.82. The van der Waals surface area contributed by atoms with Crippen molar-refractivity contribution in [3.05, 3.63) is 65.9 Å². The van der Waals surface area contributed by atoms with Crippen molar-refractivity contribution in [2.45, 2.75) is 32.1 Å². The molecule has 1 aliphatic heterocycles. The Morgan fingerprint density at radius 2 is 2.14 bits per heavy atom. The van der Waals surface area contributed by atoms with Crippen molar-refractivity contribution >= 4 is 5.91 Å². The predicted octanol–water partition coefficient (Wildman–Crippen LogP) is 3.84. The van der Waals surface area contributed by atoms with Gasteiger partial charge in [0.15, 0.2) is 0 Å². The summed E-state index contributed by atoms with van der Waals surface area (Å²) in [4.78, 5) is 23.4. The highest BCUT2D eigenvalue weighted by atomic mass is 16.5. The number of piperidine rings is 1. The maximum absolute atomic E-state index is 12.7. The van der Waals surface area contributed by atoms with Crippen molar-refractivity contribution in [3.63, 3.8) is 0 Å². The number of carbonyl (C=O) groups is 1. The van der Waals surface area contributed by atoms with E-state index in [4.69, 9.17) is 9.26 Å². The van der Waals surface area contributed by atoms with E-state index in [1.165, 1.54) is 0 Å². The first kappa shape index (κ1) is 18.2. The Labute approximate surface area is 163 Å². The quantitative estimate of drug-likeness (QED) is 0.671. The predicted molar refractivity (Wildman–Crippen MR) is 102 cm³/mol. The SMILES string of the molecule is CCc1cc(C(=O)N2CCC[C@H](c3cncc(Oc4ccccc4)n3)C2)on1. The van der Waals surface area contributed by atoms with Gasteiger partial charge in [0, 0.05) is 31.3 Å². The molecule has 1 fully saturated rings. The van der Waals surface area contributed by atoms with Gasteiger partial charge in [-0.25, -0.2) is 4.98 Å². The number of rotatable bonds is 5. The smallest absolute Gasteiger partial charge is 0.292 e. The molecule has 0 spiro atoms. The third-order valence-electron chi connectivity index (χ3n) is 4.86. The van der Waals surface area contributed by atoms with Crippen LogP contribution in [0.2, 0.25) is 0 Å². The highest BCUT2D eigenvalue weighted by Crippen LogP contribution is 2.28. The monoisotopic (exact) mass is 378 g/mol. The summed E-state index contributed by atoms with van der Waals surface area (Å²) < 4.78 is 11.0. The second-order valence-electron chi connectivity index (χ2n) is 6.82. The number of hydrogen-bond donors (Lipinski definition) is 0. The molecule has 1 aromatic carbocycles. The number of aromatic nitrogens is 3. The maximum atomic E-state index is 12.7. The van der Waals surface area contributed by atoms with E-state index in [2.05, 4.69) is 15.1 Å². The topological polar surface area (TPSA) is 81.4 Å². The highest BCUT2D eigenvalue weighted by molar-refractivity contribution is 5.91. The van der Waals surface area contributed by atoms with Crippen LogP contribution in [-0.2, 0) is 6.42 Å². The number of carbonyl (C=O) groups excluding carboxylic acids is 1. The Morgan fingerprint density at radius 1 is 1.29 bits per heavy atom. The second kappa shape index (κ2) is 8.21. The third-order valence-corrected chi connectivity index (χ3v) is 4.86. The first-order valence-electron chi connectivity index (χ1n) is 9.52. The fourth-order valence-electron chi connectivity index (χ4n) is 3.36. The number of ether oxygens (including phenoxy) is 1. The maximum Gasteiger partial charge on any atom is 0.292 e. The normalized spacial score (nSPS) is 16.8. The molecule has 1 saturated heterocycles. The number of nitrogens with zero attached hydrogens (tertiary/aromatic N) is 4. The Bertz CT molecular complexity index is 942. The number of benzene rings is 1. The molecule has 1 aliphatic rings. The van der Waals surface area contributed by atoms with Crippen molar-refractivity contribution in [1.82, 2.24) is 20.0 Å². The lowest BCUT2D eigenvalue weighted by molar-refractivity contribution is 0.0663. The first-order chi connectivity index (χ1) is 13.7. The lowest BCUT2D eigenvalue weighted by Crippen LogP contribution is -2.39. The van der Waals surface area contributed by atoms with Crippen LogP contribution in [0.4, 0.5) is 0 Å². The standard InChI is InChI=1S/C21H22N4O3/c1-2-16-11-19(28-24-16)21(26)25-10-6-7-15(14-25)18-12-22-13-20(23-18)27-17-8-4-3-5-9-17/h3-5,8-9,11-13,15H,2,6-7,10,14H2,1H3/t15-/m0/s1. The van der Waals surface area contributed by atoms with Crippen LogP contribution < -0.4 is 4.74 Å². The summed E-state index contributed by atoms with van der Waals surface area (Å²) in [7, 11) is 0. The lowest BCUT2D eigenvalue weighted by Gasteiger charge is -2.31. The average Bonchev–Trinajstić information content (AvgIpc) is 3.24. The average molecular weight is 378 g/mol. The Morgan fingerprint density at radius 3 is 2.93 bits per heavy atom. The van der Waals surface area contributed by atoms with E-state index in [0.29, 0.717) is 30.5 Å². The van der Waals surface area contributed by atoms with E-state index in [1.54, 1.807) is 23.4 Å². The minimum Gasteiger partial charge on any atom is -0.437 e. The van der Waals surface area contributed by atoms with Crippen LogP contribution in [0.25, 0.3) is 0 Å². The summed E-state index contributed by atoms with van der Waals surface area (Å²) in [5, 5.41) is 3.92. The number of likely N-dealkylation sites (tertiary alicyclic amines) is 1. The van der Waals surface area contributed by atoms with Gasteiger partial charge in [0.05, 0.1) is 17.6 Å². The molecule has 2 aromatic heterocycles. The Kier molecular flexibility index (Phi) is 5.32. The minimum absolute atomic E-state index is 0.109. The van der Waals surface area contributed by atoms with Gasteiger partial charge < -0.3 is 14.2 Å². The van der Waals surface area contributed by atoms with Gasteiger partial charge in [-0.3, -0.25) is 9.78 Å². The third kappa shape index (κ3) is 4.03. The molecule has 4 rings (SSSR count). The number of hydrogen-bond acceptors (Lipinski definition) is 6. The van der Waals surface area contributed by atoms with E-state index in [0.717, 1.165) is 30.7 Å². The van der Waals surface area contributed by atoms with E-state index >= 15 is 0 Å². The van der Waals surface area contributed by atoms with Crippen LogP contribution in [0.5, 0.6) is 11.6 Å². The number of aryl methyl sites for hydroxylation is 1. The van der Waals surface area contributed by atoms with Gasteiger partial charge in [0.2, 0.25) is 11.6 Å². The van der Waals surface area contributed by atoms with Crippen LogP contribution in [0.1, 0.15) is 47.6 Å². The fraction of sp³-hybridized carbons (Fsp3) is 0.333. The van der Waals surface area contributed by atoms with Gasteiger partial charge in [0.25, 0.3) is 5.91 Å². The molecule has 0 bridgehead atoms.